The van der Waals surface area contributed by atoms with Crippen LogP contribution >= 0.6 is 15.9 Å². The van der Waals surface area contributed by atoms with E-state index in [1.807, 2.05) is 24.3 Å². The fourth-order valence-corrected chi connectivity index (χ4v) is 4.31. The Balaban J connectivity index is 1.92. The minimum atomic E-state index is -0.388. The number of para-hydroxylation sites is 1. The van der Waals surface area contributed by atoms with Gasteiger partial charge < -0.3 is 14.1 Å². The number of hydrogen-bond donors (Lipinski definition) is 1. The van der Waals surface area contributed by atoms with Gasteiger partial charge in [-0.25, -0.2) is 0 Å². The molecule has 1 aliphatic heterocycles. The van der Waals surface area contributed by atoms with Gasteiger partial charge in [0, 0.05) is 29.6 Å². The summed E-state index contributed by atoms with van der Waals surface area (Å²) in [6.07, 6.45) is 2.73. The average molecular weight is 443 g/mol. The number of halogens is 1. The number of esters is 1. The number of nitrogens with one attached hydrogen (secondary N) is 1. The highest BCUT2D eigenvalue weighted by atomic mass is 79.9. The highest BCUT2D eigenvalue weighted by Crippen LogP contribution is 2.42. The Labute approximate surface area is 172 Å². The van der Waals surface area contributed by atoms with E-state index < -0.39 is 0 Å². The molecular weight excluding hydrogens is 420 g/mol. The first-order chi connectivity index (χ1) is 13.5. The van der Waals surface area contributed by atoms with E-state index in [9.17, 15) is 4.79 Å². The standard InChI is InChI=1S/C22H23BrN2O3/c1-13(2)10-11-25-17(22(26)27-3)12-15-14-6-4-5-7-16(14)24-20(15)21(25)18-8-9-19(23)28-18/h4-10,17,21,24H,11-12H2,1-3H3/t17-,21?/m0/s1. The van der Waals surface area contributed by atoms with E-state index in [1.165, 1.54) is 12.7 Å². The zero-order valence-electron chi connectivity index (χ0n) is 16.2. The van der Waals surface area contributed by atoms with Gasteiger partial charge in [-0.3, -0.25) is 9.69 Å². The number of fused-ring (bicyclic) bond motifs is 3. The molecule has 1 N–H and O–H groups in total. The fourth-order valence-electron chi connectivity index (χ4n) is 3.99. The van der Waals surface area contributed by atoms with Crippen molar-refractivity contribution in [1.29, 1.82) is 0 Å². The largest absolute Gasteiger partial charge is 0.468 e. The lowest BCUT2D eigenvalue weighted by Gasteiger charge is -2.39. The molecule has 6 heteroatoms. The highest BCUT2D eigenvalue weighted by Gasteiger charge is 2.42. The van der Waals surface area contributed by atoms with Crippen LogP contribution in [0.5, 0.6) is 0 Å². The number of H-pyrrole nitrogens is 1. The minimum Gasteiger partial charge on any atom is -0.468 e. The van der Waals surface area contributed by atoms with Gasteiger partial charge in [-0.15, -0.1) is 0 Å². The van der Waals surface area contributed by atoms with Gasteiger partial charge in [0.1, 0.15) is 17.8 Å². The number of ether oxygens (including phenoxy) is 1. The monoisotopic (exact) mass is 442 g/mol. The second-order valence-electron chi connectivity index (χ2n) is 7.33. The third-order valence-corrected chi connectivity index (χ3v) is 5.72. The predicted octanol–water partition coefficient (Wildman–Crippen LogP) is 4.98. The molecular formula is C22H23BrN2O3. The average Bonchev–Trinajstić information content (AvgIpc) is 3.27. The van der Waals surface area contributed by atoms with Gasteiger partial charge in [-0.1, -0.05) is 29.8 Å². The van der Waals surface area contributed by atoms with Crippen molar-refractivity contribution in [2.45, 2.75) is 32.4 Å². The van der Waals surface area contributed by atoms with Crippen molar-refractivity contribution in [3.63, 3.8) is 0 Å². The molecule has 146 valence electrons. The molecule has 2 aromatic heterocycles. The third kappa shape index (κ3) is 3.31. The van der Waals surface area contributed by atoms with Crippen molar-refractivity contribution in [3.8, 4) is 0 Å². The van der Waals surface area contributed by atoms with E-state index in [0.717, 1.165) is 27.9 Å². The maximum Gasteiger partial charge on any atom is 0.323 e. The lowest BCUT2D eigenvalue weighted by molar-refractivity contribution is -0.148. The SMILES string of the molecule is COC(=O)[C@@H]1Cc2c([nH]c3ccccc23)C(c2ccc(Br)o2)N1CC=C(C)C. The molecule has 0 saturated carbocycles. The smallest absolute Gasteiger partial charge is 0.323 e. The number of aromatic nitrogens is 1. The number of nitrogens with zero attached hydrogens (tertiary/aromatic N) is 1. The van der Waals surface area contributed by atoms with Gasteiger partial charge in [-0.2, -0.15) is 0 Å². The summed E-state index contributed by atoms with van der Waals surface area (Å²) in [6.45, 7) is 4.74. The Kier molecular flexibility index (Phi) is 5.17. The molecule has 0 fully saturated rings. The summed E-state index contributed by atoms with van der Waals surface area (Å²) in [5.41, 5.74) is 4.49. The summed E-state index contributed by atoms with van der Waals surface area (Å²) >= 11 is 3.41. The van der Waals surface area contributed by atoms with Gasteiger partial charge in [-0.05, 0) is 53.5 Å². The normalized spacial score (nSPS) is 19.4. The molecule has 3 heterocycles. The minimum absolute atomic E-state index is 0.206. The molecule has 0 aliphatic carbocycles. The number of rotatable bonds is 4. The Morgan fingerprint density at radius 2 is 2.11 bits per heavy atom. The molecule has 1 aromatic carbocycles. The number of allylic oxidation sites excluding steroid dienone is 1. The van der Waals surface area contributed by atoms with E-state index in [1.54, 1.807) is 0 Å². The Bertz CT molecular complexity index is 1050. The van der Waals surface area contributed by atoms with E-state index >= 15 is 0 Å². The molecule has 3 aromatic rings. The summed E-state index contributed by atoms with van der Waals surface area (Å²) < 4.78 is 11.8. The van der Waals surface area contributed by atoms with Crippen LogP contribution in [0.1, 0.15) is 36.9 Å². The van der Waals surface area contributed by atoms with Gasteiger partial charge in [0.15, 0.2) is 4.67 Å². The van der Waals surface area contributed by atoms with Crippen LogP contribution in [0.2, 0.25) is 0 Å². The molecule has 4 rings (SSSR count). The molecule has 0 radical (unpaired) electrons. The lowest BCUT2D eigenvalue weighted by Crippen LogP contribution is -2.49. The molecule has 2 atom stereocenters. The van der Waals surface area contributed by atoms with E-state index in [-0.39, 0.29) is 18.1 Å². The Morgan fingerprint density at radius 3 is 2.79 bits per heavy atom. The van der Waals surface area contributed by atoms with Gasteiger partial charge >= 0.3 is 5.97 Å². The number of hydrogen-bond acceptors (Lipinski definition) is 4. The Morgan fingerprint density at radius 1 is 1.32 bits per heavy atom. The maximum absolute atomic E-state index is 12.7. The van der Waals surface area contributed by atoms with Gasteiger partial charge in [0.05, 0.1) is 7.11 Å². The topological polar surface area (TPSA) is 58.5 Å². The van der Waals surface area contributed by atoms with Crippen LogP contribution < -0.4 is 0 Å². The van der Waals surface area contributed by atoms with Crippen molar-refractivity contribution < 1.29 is 13.9 Å². The summed E-state index contributed by atoms with van der Waals surface area (Å²) in [6, 6.07) is 11.5. The first kappa shape index (κ1) is 19.0. The maximum atomic E-state index is 12.7. The van der Waals surface area contributed by atoms with Crippen LogP contribution in [-0.2, 0) is 16.0 Å². The van der Waals surface area contributed by atoms with E-state index in [2.05, 4.69) is 57.9 Å². The molecule has 0 saturated heterocycles. The molecule has 1 aliphatic rings. The Hall–Kier alpha value is -2.31. The van der Waals surface area contributed by atoms with Crippen molar-refractivity contribution >= 4 is 32.8 Å². The van der Waals surface area contributed by atoms with Crippen molar-refractivity contribution in [3.05, 3.63) is 69.7 Å². The van der Waals surface area contributed by atoms with Crippen LogP contribution in [0.3, 0.4) is 0 Å². The molecule has 0 spiro atoms. The summed E-state index contributed by atoms with van der Waals surface area (Å²) in [7, 11) is 1.45. The number of methoxy groups -OCH3 is 1. The van der Waals surface area contributed by atoms with Crippen LogP contribution in [0, 0.1) is 0 Å². The van der Waals surface area contributed by atoms with E-state index in [0.29, 0.717) is 17.6 Å². The third-order valence-electron chi connectivity index (χ3n) is 5.30. The van der Waals surface area contributed by atoms with Crippen LogP contribution in [-0.4, -0.2) is 35.5 Å². The first-order valence-corrected chi connectivity index (χ1v) is 10.1. The van der Waals surface area contributed by atoms with Crippen LogP contribution in [0.4, 0.5) is 0 Å². The summed E-state index contributed by atoms with van der Waals surface area (Å²) in [4.78, 5) is 18.5. The van der Waals surface area contributed by atoms with Gasteiger partial charge in [0.25, 0.3) is 0 Å². The predicted molar refractivity (Wildman–Crippen MR) is 112 cm³/mol. The molecule has 0 amide bonds. The molecule has 1 unspecified atom stereocenters. The number of furan rings is 1. The number of aromatic amines is 1. The lowest BCUT2D eigenvalue weighted by atomic mass is 9.90. The summed E-state index contributed by atoms with van der Waals surface area (Å²) in [5.74, 6) is 0.559. The number of benzene rings is 1. The van der Waals surface area contributed by atoms with E-state index in [4.69, 9.17) is 9.15 Å². The van der Waals surface area contributed by atoms with Crippen molar-refractivity contribution in [1.82, 2.24) is 9.88 Å². The quantitative estimate of drug-likeness (QED) is 0.457. The van der Waals surface area contributed by atoms with Crippen molar-refractivity contribution in [2.24, 2.45) is 0 Å². The van der Waals surface area contributed by atoms with Crippen LogP contribution in [0.25, 0.3) is 10.9 Å². The number of carbonyl (C=O) groups is 1. The fraction of sp³-hybridized carbons (Fsp3) is 0.318. The van der Waals surface area contributed by atoms with Crippen molar-refractivity contribution in [2.75, 3.05) is 13.7 Å². The molecule has 0 bridgehead atoms. The highest BCUT2D eigenvalue weighted by molar-refractivity contribution is 9.10. The first-order valence-electron chi connectivity index (χ1n) is 9.31. The molecule has 28 heavy (non-hydrogen) atoms. The zero-order chi connectivity index (χ0) is 19.8. The zero-order valence-corrected chi connectivity index (χ0v) is 17.7. The van der Waals surface area contributed by atoms with Gasteiger partial charge in [0.2, 0.25) is 0 Å². The molecule has 5 nitrogen and oxygen atoms in total. The second kappa shape index (κ2) is 7.60. The summed E-state index contributed by atoms with van der Waals surface area (Å²) in [5, 5.41) is 1.14. The van der Waals surface area contributed by atoms with Crippen LogP contribution in [0.15, 0.2) is 57.1 Å². The number of carbonyl (C=O) groups excluding carboxylic acids is 1. The second-order valence-corrected chi connectivity index (χ2v) is 8.11.